The van der Waals surface area contributed by atoms with Crippen LogP contribution in [-0.2, 0) is 0 Å². The van der Waals surface area contributed by atoms with Gasteiger partial charge in [0.2, 0.25) is 0 Å². The average Bonchev–Trinajstić information content (AvgIpc) is 2.56. The quantitative estimate of drug-likeness (QED) is 0.799. The molecule has 1 aliphatic heterocycles. The second-order valence-corrected chi connectivity index (χ2v) is 6.36. The largest absolute Gasteiger partial charge is 0.332 e. The van der Waals surface area contributed by atoms with E-state index in [0.717, 1.165) is 4.90 Å². The van der Waals surface area contributed by atoms with Crippen LogP contribution in [0.3, 0.4) is 0 Å². The minimum Gasteiger partial charge on any atom is -0.304 e. The van der Waals surface area contributed by atoms with Crippen molar-refractivity contribution < 1.29 is 9.59 Å². The van der Waals surface area contributed by atoms with Gasteiger partial charge in [-0.15, -0.1) is 0 Å². The maximum absolute atomic E-state index is 12.3. The number of nitrogens with one attached hydrogen (secondary N) is 3. The highest BCUT2D eigenvalue weighted by Gasteiger charge is 2.33. The van der Waals surface area contributed by atoms with Gasteiger partial charge in [-0.05, 0) is 37.8 Å². The topological polar surface area (TPSA) is 73.5 Å². The van der Waals surface area contributed by atoms with Crippen molar-refractivity contribution >= 4 is 17.7 Å². The third-order valence-corrected chi connectivity index (χ3v) is 4.74. The summed E-state index contributed by atoms with van der Waals surface area (Å²) in [6, 6.07) is 8.34. The van der Waals surface area contributed by atoms with Crippen molar-refractivity contribution in [2.75, 3.05) is 4.90 Å². The molecule has 23 heavy (non-hydrogen) atoms. The van der Waals surface area contributed by atoms with E-state index in [0.29, 0.717) is 11.6 Å². The van der Waals surface area contributed by atoms with Gasteiger partial charge < -0.3 is 10.6 Å². The number of carbonyl (C=O) groups is 2. The van der Waals surface area contributed by atoms with E-state index in [-0.39, 0.29) is 6.04 Å². The number of nitrogens with zero attached hydrogens (tertiary/aromatic N) is 1. The van der Waals surface area contributed by atoms with E-state index >= 15 is 0 Å². The molecule has 1 aromatic rings. The summed E-state index contributed by atoms with van der Waals surface area (Å²) in [4.78, 5) is 25.7. The summed E-state index contributed by atoms with van der Waals surface area (Å²) in [7, 11) is 0. The summed E-state index contributed by atoms with van der Waals surface area (Å²) in [6.45, 7) is 2.12. The number of urea groups is 2. The molecule has 6 nitrogen and oxygen atoms in total. The predicted molar refractivity (Wildman–Crippen MR) is 88.9 cm³/mol. The van der Waals surface area contributed by atoms with Crippen LogP contribution in [0.4, 0.5) is 15.3 Å². The lowest BCUT2D eigenvalue weighted by Crippen LogP contribution is -2.69. The molecule has 1 heterocycles. The highest BCUT2D eigenvalue weighted by molar-refractivity contribution is 6.15. The number of hydrogen-bond donors (Lipinski definition) is 3. The Labute approximate surface area is 136 Å². The molecule has 2 aliphatic rings. The number of imide groups is 1. The number of benzene rings is 1. The van der Waals surface area contributed by atoms with Crippen molar-refractivity contribution in [3.8, 4) is 0 Å². The fourth-order valence-electron chi connectivity index (χ4n) is 3.43. The molecule has 0 unspecified atom stereocenters. The molecular formula is C17H24N4O2. The molecule has 6 heteroatoms. The van der Waals surface area contributed by atoms with E-state index in [1.807, 2.05) is 6.07 Å². The lowest BCUT2D eigenvalue weighted by atomic mass is 9.84. The van der Waals surface area contributed by atoms with Gasteiger partial charge in [-0.1, -0.05) is 37.5 Å². The van der Waals surface area contributed by atoms with E-state index in [1.165, 1.54) is 32.1 Å². The monoisotopic (exact) mass is 316 g/mol. The molecule has 0 radical (unpaired) electrons. The molecule has 0 aromatic heterocycles. The summed E-state index contributed by atoms with van der Waals surface area (Å²) in [5.74, 6) is 0.602. The van der Waals surface area contributed by atoms with Crippen LogP contribution in [0.15, 0.2) is 30.3 Å². The molecule has 1 aliphatic carbocycles. The summed E-state index contributed by atoms with van der Waals surface area (Å²) in [5, 5.41) is 8.95. The van der Waals surface area contributed by atoms with Gasteiger partial charge in [0.05, 0.1) is 5.69 Å². The zero-order chi connectivity index (χ0) is 16.2. The van der Waals surface area contributed by atoms with Crippen LogP contribution in [0.5, 0.6) is 0 Å². The second-order valence-electron chi connectivity index (χ2n) is 6.36. The number of para-hydroxylation sites is 1. The van der Waals surface area contributed by atoms with E-state index in [2.05, 4.69) is 22.9 Å². The van der Waals surface area contributed by atoms with Crippen molar-refractivity contribution in [1.29, 1.82) is 0 Å². The van der Waals surface area contributed by atoms with Gasteiger partial charge in [-0.25, -0.2) is 14.5 Å². The molecular weight excluding hydrogens is 292 g/mol. The zero-order valence-corrected chi connectivity index (χ0v) is 13.4. The molecule has 2 fully saturated rings. The molecule has 1 saturated heterocycles. The minimum absolute atomic E-state index is 0.254. The first-order valence-electron chi connectivity index (χ1n) is 8.37. The van der Waals surface area contributed by atoms with Crippen molar-refractivity contribution in [2.45, 2.75) is 51.4 Å². The SMILES string of the molecule is C[C@H](NC1NC(=O)N(c2ccccc2)C(=O)N1)C1CCCCC1. The first-order valence-corrected chi connectivity index (χ1v) is 8.37. The summed E-state index contributed by atoms with van der Waals surface area (Å²) in [5.41, 5.74) is 0.557. The summed E-state index contributed by atoms with van der Waals surface area (Å²) >= 11 is 0. The molecule has 1 aromatic carbocycles. The molecule has 124 valence electrons. The first kappa shape index (κ1) is 15.8. The second kappa shape index (κ2) is 7.00. The molecule has 3 N–H and O–H groups in total. The highest BCUT2D eigenvalue weighted by Crippen LogP contribution is 2.26. The lowest BCUT2D eigenvalue weighted by Gasteiger charge is -2.36. The van der Waals surface area contributed by atoms with Crippen LogP contribution in [0.1, 0.15) is 39.0 Å². The van der Waals surface area contributed by atoms with Gasteiger partial charge >= 0.3 is 12.1 Å². The maximum atomic E-state index is 12.3. The van der Waals surface area contributed by atoms with Gasteiger partial charge in [0.1, 0.15) is 0 Å². The Hall–Kier alpha value is -2.08. The average molecular weight is 316 g/mol. The number of amides is 4. The maximum Gasteiger partial charge on any atom is 0.332 e. The van der Waals surface area contributed by atoms with Gasteiger partial charge in [-0.2, -0.15) is 0 Å². The van der Waals surface area contributed by atoms with Crippen molar-refractivity contribution in [2.24, 2.45) is 5.92 Å². The van der Waals surface area contributed by atoms with Crippen molar-refractivity contribution in [1.82, 2.24) is 16.0 Å². The molecule has 4 amide bonds. The smallest absolute Gasteiger partial charge is 0.304 e. The number of carbonyl (C=O) groups excluding carboxylic acids is 2. The van der Waals surface area contributed by atoms with E-state index < -0.39 is 18.4 Å². The fourth-order valence-corrected chi connectivity index (χ4v) is 3.43. The normalized spacial score (nSPS) is 21.7. The minimum atomic E-state index is -0.521. The van der Waals surface area contributed by atoms with Crippen molar-refractivity contribution in [3.05, 3.63) is 30.3 Å². The fraction of sp³-hybridized carbons (Fsp3) is 0.529. The van der Waals surface area contributed by atoms with Gasteiger partial charge in [0.25, 0.3) is 0 Å². The Kier molecular flexibility index (Phi) is 4.81. The number of anilines is 1. The predicted octanol–water partition coefficient (Wildman–Crippen LogP) is 2.77. The van der Waals surface area contributed by atoms with E-state index in [9.17, 15) is 9.59 Å². The Morgan fingerprint density at radius 2 is 1.65 bits per heavy atom. The Balaban J connectivity index is 1.60. The van der Waals surface area contributed by atoms with Crippen LogP contribution in [0.2, 0.25) is 0 Å². The zero-order valence-electron chi connectivity index (χ0n) is 13.4. The van der Waals surface area contributed by atoms with Crippen LogP contribution >= 0.6 is 0 Å². The molecule has 0 spiro atoms. The van der Waals surface area contributed by atoms with Gasteiger partial charge in [0, 0.05) is 6.04 Å². The van der Waals surface area contributed by atoms with Crippen LogP contribution in [-0.4, -0.2) is 24.4 Å². The standard InChI is InChI=1S/C17H24N4O2/c1-12(13-8-4-2-5-9-13)18-15-19-16(22)21(17(23)20-15)14-10-6-3-7-11-14/h3,6-7,10-13,15,18H,2,4-5,8-9H2,1H3,(H,19,22)(H,20,23)/t12-/m0/s1. The lowest BCUT2D eigenvalue weighted by molar-refractivity contribution is 0.197. The molecule has 1 atom stereocenters. The number of hydrogen-bond acceptors (Lipinski definition) is 3. The van der Waals surface area contributed by atoms with Crippen LogP contribution in [0.25, 0.3) is 0 Å². The third-order valence-electron chi connectivity index (χ3n) is 4.74. The summed E-state index contributed by atoms with van der Waals surface area (Å²) in [6.07, 6.45) is 5.74. The molecule has 3 rings (SSSR count). The molecule has 1 saturated carbocycles. The Morgan fingerprint density at radius 1 is 1.04 bits per heavy atom. The van der Waals surface area contributed by atoms with E-state index in [1.54, 1.807) is 24.3 Å². The highest BCUT2D eigenvalue weighted by atomic mass is 16.2. The van der Waals surface area contributed by atoms with E-state index in [4.69, 9.17) is 0 Å². The van der Waals surface area contributed by atoms with Gasteiger partial charge in [-0.3, -0.25) is 5.32 Å². The Bertz CT molecular complexity index is 539. The first-order chi connectivity index (χ1) is 11.1. The molecule has 0 bridgehead atoms. The third kappa shape index (κ3) is 3.64. The summed E-state index contributed by atoms with van der Waals surface area (Å²) < 4.78 is 0. The number of rotatable bonds is 4. The van der Waals surface area contributed by atoms with Gasteiger partial charge in [0.15, 0.2) is 6.29 Å². The Morgan fingerprint density at radius 3 is 2.26 bits per heavy atom. The van der Waals surface area contributed by atoms with Crippen LogP contribution < -0.4 is 20.9 Å². The van der Waals surface area contributed by atoms with Crippen molar-refractivity contribution in [3.63, 3.8) is 0 Å². The van der Waals surface area contributed by atoms with Crippen LogP contribution in [0, 0.1) is 5.92 Å².